The van der Waals surface area contributed by atoms with Gasteiger partial charge in [-0.2, -0.15) is 0 Å². The van der Waals surface area contributed by atoms with Gasteiger partial charge in [0.2, 0.25) is 0 Å². The van der Waals surface area contributed by atoms with Gasteiger partial charge in [-0.25, -0.2) is 0 Å². The average Bonchev–Trinajstić information content (AvgIpc) is 2.34. The summed E-state index contributed by atoms with van der Waals surface area (Å²) in [5, 5.41) is 0. The number of likely N-dealkylation sites (tertiary alicyclic amines) is 1. The van der Waals surface area contributed by atoms with E-state index in [-0.39, 0.29) is 0 Å². The summed E-state index contributed by atoms with van der Waals surface area (Å²) in [6.45, 7) is 6.56. The van der Waals surface area contributed by atoms with Crippen LogP contribution in [0.1, 0.15) is 19.3 Å². The van der Waals surface area contributed by atoms with Crippen molar-refractivity contribution in [2.75, 3.05) is 53.5 Å². The van der Waals surface area contributed by atoms with Crippen molar-refractivity contribution in [2.45, 2.75) is 25.3 Å². The summed E-state index contributed by atoms with van der Waals surface area (Å²) in [6, 6.07) is 0.346. The Kier molecular flexibility index (Phi) is 5.42. The molecular formula is C14H29N3O. The third-order valence-electron chi connectivity index (χ3n) is 4.36. The van der Waals surface area contributed by atoms with Gasteiger partial charge in [-0.05, 0) is 52.4 Å². The molecule has 2 atom stereocenters. The molecule has 0 saturated carbocycles. The third-order valence-corrected chi connectivity index (χ3v) is 4.36. The molecule has 0 spiro atoms. The fourth-order valence-electron chi connectivity index (χ4n) is 3.20. The Morgan fingerprint density at radius 1 is 1.22 bits per heavy atom. The summed E-state index contributed by atoms with van der Waals surface area (Å²) in [4.78, 5) is 4.90. The minimum atomic E-state index is 0.346. The van der Waals surface area contributed by atoms with Crippen molar-refractivity contribution >= 4 is 0 Å². The molecule has 2 fully saturated rings. The molecule has 2 aliphatic heterocycles. The van der Waals surface area contributed by atoms with Crippen LogP contribution in [0.3, 0.4) is 0 Å². The summed E-state index contributed by atoms with van der Waals surface area (Å²) in [7, 11) is 4.34. The van der Waals surface area contributed by atoms with Crippen LogP contribution < -0.4 is 5.73 Å². The standard InChI is InChI=1S/C14H29N3O/c1-16(2)9-12-3-6-17(7-4-12)10-13-11-18-8-5-14(13)15/h12-14H,3-11,15H2,1-2H3. The SMILES string of the molecule is CN(C)CC1CCN(CC2COCCC2N)CC1. The van der Waals surface area contributed by atoms with E-state index in [1.807, 2.05) is 0 Å². The fraction of sp³-hybridized carbons (Fsp3) is 1.00. The number of rotatable bonds is 4. The van der Waals surface area contributed by atoms with Crippen LogP contribution >= 0.6 is 0 Å². The molecular weight excluding hydrogens is 226 g/mol. The van der Waals surface area contributed by atoms with E-state index in [0.717, 1.165) is 32.1 Å². The van der Waals surface area contributed by atoms with Crippen LogP contribution in [0.25, 0.3) is 0 Å². The van der Waals surface area contributed by atoms with Gasteiger partial charge in [0.1, 0.15) is 0 Å². The van der Waals surface area contributed by atoms with Crippen LogP contribution in [-0.2, 0) is 4.74 Å². The lowest BCUT2D eigenvalue weighted by Crippen LogP contribution is -2.47. The van der Waals surface area contributed by atoms with Crippen molar-refractivity contribution in [1.82, 2.24) is 9.80 Å². The number of hydrogen-bond donors (Lipinski definition) is 1. The van der Waals surface area contributed by atoms with Crippen molar-refractivity contribution < 1.29 is 4.74 Å². The Bertz CT molecular complexity index is 239. The molecule has 2 heterocycles. The highest BCUT2D eigenvalue weighted by atomic mass is 16.5. The number of nitrogens with zero attached hydrogens (tertiary/aromatic N) is 2. The van der Waals surface area contributed by atoms with E-state index in [1.165, 1.54) is 32.5 Å². The smallest absolute Gasteiger partial charge is 0.0521 e. The highest BCUT2D eigenvalue weighted by Gasteiger charge is 2.27. The zero-order chi connectivity index (χ0) is 13.0. The second-order valence-electron chi connectivity index (χ2n) is 6.29. The van der Waals surface area contributed by atoms with Crippen molar-refractivity contribution in [2.24, 2.45) is 17.6 Å². The summed E-state index contributed by atoms with van der Waals surface area (Å²) in [5.74, 6) is 1.43. The highest BCUT2D eigenvalue weighted by Crippen LogP contribution is 2.21. The predicted molar refractivity (Wildman–Crippen MR) is 74.6 cm³/mol. The Labute approximate surface area is 111 Å². The van der Waals surface area contributed by atoms with Gasteiger partial charge < -0.3 is 20.3 Å². The molecule has 106 valence electrons. The van der Waals surface area contributed by atoms with E-state index in [0.29, 0.717) is 12.0 Å². The third kappa shape index (κ3) is 4.19. The van der Waals surface area contributed by atoms with E-state index < -0.39 is 0 Å². The Hall–Kier alpha value is -0.160. The molecule has 0 bridgehead atoms. The first kappa shape index (κ1) is 14.3. The second-order valence-corrected chi connectivity index (χ2v) is 6.29. The van der Waals surface area contributed by atoms with Crippen LogP contribution in [0.4, 0.5) is 0 Å². The minimum absolute atomic E-state index is 0.346. The first-order chi connectivity index (χ1) is 8.65. The van der Waals surface area contributed by atoms with Gasteiger partial charge in [0.25, 0.3) is 0 Å². The van der Waals surface area contributed by atoms with Gasteiger partial charge in [-0.3, -0.25) is 0 Å². The van der Waals surface area contributed by atoms with E-state index in [1.54, 1.807) is 0 Å². The van der Waals surface area contributed by atoms with Crippen molar-refractivity contribution in [3.63, 3.8) is 0 Å². The lowest BCUT2D eigenvalue weighted by molar-refractivity contribution is 0.0201. The van der Waals surface area contributed by atoms with Gasteiger partial charge in [-0.1, -0.05) is 0 Å². The molecule has 2 aliphatic rings. The topological polar surface area (TPSA) is 41.7 Å². The van der Waals surface area contributed by atoms with E-state index in [2.05, 4.69) is 23.9 Å². The predicted octanol–water partition coefficient (Wildman–Crippen LogP) is 0.624. The quantitative estimate of drug-likeness (QED) is 0.800. The molecule has 2 unspecified atom stereocenters. The molecule has 0 aliphatic carbocycles. The molecule has 2 N–H and O–H groups in total. The van der Waals surface area contributed by atoms with Crippen molar-refractivity contribution in [3.8, 4) is 0 Å². The molecule has 2 saturated heterocycles. The zero-order valence-electron chi connectivity index (χ0n) is 12.0. The molecule has 18 heavy (non-hydrogen) atoms. The van der Waals surface area contributed by atoms with Crippen molar-refractivity contribution in [1.29, 1.82) is 0 Å². The first-order valence-electron chi connectivity index (χ1n) is 7.35. The van der Waals surface area contributed by atoms with E-state index in [4.69, 9.17) is 10.5 Å². The zero-order valence-corrected chi connectivity index (χ0v) is 12.0. The van der Waals surface area contributed by atoms with Crippen LogP contribution in [0.5, 0.6) is 0 Å². The van der Waals surface area contributed by atoms with E-state index >= 15 is 0 Å². The normalized spacial score (nSPS) is 32.0. The van der Waals surface area contributed by atoms with Gasteiger partial charge in [0, 0.05) is 31.7 Å². The van der Waals surface area contributed by atoms with Gasteiger partial charge in [-0.15, -0.1) is 0 Å². The highest BCUT2D eigenvalue weighted by molar-refractivity contribution is 4.82. The van der Waals surface area contributed by atoms with Crippen LogP contribution in [0, 0.1) is 11.8 Å². The van der Waals surface area contributed by atoms with Gasteiger partial charge in [0.15, 0.2) is 0 Å². The monoisotopic (exact) mass is 255 g/mol. The number of piperidine rings is 1. The largest absolute Gasteiger partial charge is 0.381 e. The summed E-state index contributed by atoms with van der Waals surface area (Å²) in [5.41, 5.74) is 6.18. The van der Waals surface area contributed by atoms with Crippen LogP contribution in [0.2, 0.25) is 0 Å². The maximum Gasteiger partial charge on any atom is 0.0521 e. The average molecular weight is 255 g/mol. The summed E-state index contributed by atoms with van der Waals surface area (Å²) < 4.78 is 5.55. The number of ether oxygens (including phenoxy) is 1. The van der Waals surface area contributed by atoms with Gasteiger partial charge in [0.05, 0.1) is 6.61 Å². The molecule has 0 aromatic rings. The van der Waals surface area contributed by atoms with Crippen LogP contribution in [-0.4, -0.2) is 69.3 Å². The lowest BCUT2D eigenvalue weighted by Gasteiger charge is -2.37. The Morgan fingerprint density at radius 2 is 1.94 bits per heavy atom. The molecule has 2 rings (SSSR count). The Morgan fingerprint density at radius 3 is 2.56 bits per heavy atom. The fourth-order valence-corrected chi connectivity index (χ4v) is 3.20. The Balaban J connectivity index is 1.69. The molecule has 0 amide bonds. The minimum Gasteiger partial charge on any atom is -0.381 e. The number of nitrogens with two attached hydrogens (primary N) is 1. The second kappa shape index (κ2) is 6.85. The maximum absolute atomic E-state index is 6.18. The lowest BCUT2D eigenvalue weighted by atomic mass is 9.92. The maximum atomic E-state index is 6.18. The molecule has 4 nitrogen and oxygen atoms in total. The van der Waals surface area contributed by atoms with Crippen LogP contribution in [0.15, 0.2) is 0 Å². The molecule has 0 aromatic heterocycles. The van der Waals surface area contributed by atoms with Gasteiger partial charge >= 0.3 is 0 Å². The molecule has 0 aromatic carbocycles. The van der Waals surface area contributed by atoms with Crippen molar-refractivity contribution in [3.05, 3.63) is 0 Å². The summed E-state index contributed by atoms with van der Waals surface area (Å²) >= 11 is 0. The number of hydrogen-bond acceptors (Lipinski definition) is 4. The molecule has 0 radical (unpaired) electrons. The molecule has 4 heteroatoms. The van der Waals surface area contributed by atoms with E-state index in [9.17, 15) is 0 Å². The summed E-state index contributed by atoms with van der Waals surface area (Å²) in [6.07, 6.45) is 3.70. The first-order valence-corrected chi connectivity index (χ1v) is 7.35.